The van der Waals surface area contributed by atoms with Crippen LogP contribution in [0.2, 0.25) is 0 Å². The van der Waals surface area contributed by atoms with E-state index < -0.39 is 0 Å². The number of ether oxygens (including phenoxy) is 1. The van der Waals surface area contributed by atoms with E-state index >= 15 is 0 Å². The number of thiazole rings is 1. The van der Waals surface area contributed by atoms with E-state index in [1.165, 1.54) is 5.57 Å². The Morgan fingerprint density at radius 2 is 2.04 bits per heavy atom. The Kier molecular flexibility index (Phi) is 3.71. The standard InChI is InChI=1S/C17H15N3OS2/c1-10-15(13-7-8-22-16(13)18-10)14-9-23-17(20-14)19-11-3-5-12(21-2)6-4-11/h3-9,13H,1-2H3,(H,19,20). The molecule has 116 valence electrons. The van der Waals surface area contributed by atoms with Gasteiger partial charge in [-0.1, -0.05) is 17.8 Å². The molecule has 4 nitrogen and oxygen atoms in total. The average Bonchev–Trinajstić information content (AvgIpc) is 3.24. The molecule has 1 aromatic heterocycles. The Bertz CT molecular complexity index is 834. The Balaban J connectivity index is 1.55. The lowest BCUT2D eigenvalue weighted by Gasteiger charge is -2.06. The van der Waals surface area contributed by atoms with Gasteiger partial charge in [-0.2, -0.15) is 0 Å². The zero-order valence-electron chi connectivity index (χ0n) is 12.7. The van der Waals surface area contributed by atoms with E-state index in [4.69, 9.17) is 9.72 Å². The summed E-state index contributed by atoms with van der Waals surface area (Å²) in [4.78, 5) is 9.39. The molecule has 2 aliphatic rings. The highest BCUT2D eigenvalue weighted by Gasteiger charge is 2.31. The molecule has 1 unspecified atom stereocenters. The van der Waals surface area contributed by atoms with Gasteiger partial charge in [0.2, 0.25) is 0 Å². The molecule has 0 fully saturated rings. The Hall–Kier alpha value is -2.05. The van der Waals surface area contributed by atoms with Crippen LogP contribution in [0, 0.1) is 5.92 Å². The summed E-state index contributed by atoms with van der Waals surface area (Å²) in [5, 5.41) is 9.59. The number of aromatic nitrogens is 1. The number of fused-ring (bicyclic) bond motifs is 1. The lowest BCUT2D eigenvalue weighted by atomic mass is 9.99. The van der Waals surface area contributed by atoms with E-state index in [-0.39, 0.29) is 5.92 Å². The molecule has 2 aliphatic heterocycles. The fourth-order valence-electron chi connectivity index (χ4n) is 2.71. The topological polar surface area (TPSA) is 46.5 Å². The smallest absolute Gasteiger partial charge is 0.187 e. The van der Waals surface area contributed by atoms with Crippen LogP contribution in [0.4, 0.5) is 10.8 Å². The predicted molar refractivity (Wildman–Crippen MR) is 98.6 cm³/mol. The van der Waals surface area contributed by atoms with Crippen molar-refractivity contribution in [2.24, 2.45) is 10.9 Å². The van der Waals surface area contributed by atoms with Crippen LogP contribution >= 0.6 is 23.1 Å². The van der Waals surface area contributed by atoms with Crippen LogP contribution in [0.5, 0.6) is 5.75 Å². The molecule has 23 heavy (non-hydrogen) atoms. The highest BCUT2D eigenvalue weighted by molar-refractivity contribution is 8.16. The second kappa shape index (κ2) is 5.86. The van der Waals surface area contributed by atoms with Gasteiger partial charge in [0, 0.05) is 22.3 Å². The summed E-state index contributed by atoms with van der Waals surface area (Å²) in [5.41, 5.74) is 4.31. The normalized spacial score (nSPS) is 19.0. The van der Waals surface area contributed by atoms with Crippen LogP contribution in [-0.4, -0.2) is 17.1 Å². The van der Waals surface area contributed by atoms with Crippen LogP contribution in [0.1, 0.15) is 12.6 Å². The maximum absolute atomic E-state index is 5.17. The second-order valence-corrected chi connectivity index (χ2v) is 7.05. The molecular formula is C17H15N3OS2. The third-order valence-corrected chi connectivity index (χ3v) is 5.46. The van der Waals surface area contributed by atoms with Gasteiger partial charge in [-0.15, -0.1) is 11.3 Å². The number of allylic oxidation sites excluding steroid dienone is 3. The summed E-state index contributed by atoms with van der Waals surface area (Å²) in [6.45, 7) is 2.06. The number of anilines is 2. The third kappa shape index (κ3) is 2.68. The van der Waals surface area contributed by atoms with Crippen molar-refractivity contribution in [3.05, 3.63) is 52.5 Å². The quantitative estimate of drug-likeness (QED) is 0.858. The number of benzene rings is 1. The van der Waals surface area contributed by atoms with Crippen molar-refractivity contribution >= 4 is 44.5 Å². The van der Waals surface area contributed by atoms with Crippen LogP contribution < -0.4 is 10.1 Å². The molecule has 0 saturated heterocycles. The van der Waals surface area contributed by atoms with Crippen LogP contribution in [0.3, 0.4) is 0 Å². The fourth-order valence-corrected chi connectivity index (χ4v) is 4.35. The highest BCUT2D eigenvalue weighted by Crippen LogP contribution is 2.43. The van der Waals surface area contributed by atoms with Crippen molar-refractivity contribution in [3.63, 3.8) is 0 Å². The molecule has 0 spiro atoms. The first kappa shape index (κ1) is 14.5. The maximum atomic E-state index is 5.17. The predicted octanol–water partition coefficient (Wildman–Crippen LogP) is 4.92. The molecule has 0 bridgehead atoms. The van der Waals surface area contributed by atoms with Gasteiger partial charge in [0.05, 0.1) is 23.8 Å². The van der Waals surface area contributed by atoms with Crippen LogP contribution in [-0.2, 0) is 0 Å². The molecule has 6 heteroatoms. The van der Waals surface area contributed by atoms with E-state index in [2.05, 4.69) is 34.1 Å². The van der Waals surface area contributed by atoms with Gasteiger partial charge >= 0.3 is 0 Å². The minimum Gasteiger partial charge on any atom is -0.497 e. The molecule has 3 heterocycles. The van der Waals surface area contributed by atoms with Crippen molar-refractivity contribution in [1.29, 1.82) is 0 Å². The fraction of sp³-hybridized carbons (Fsp3) is 0.176. The van der Waals surface area contributed by atoms with Gasteiger partial charge in [0.25, 0.3) is 0 Å². The average molecular weight is 341 g/mol. The monoisotopic (exact) mass is 341 g/mol. The third-order valence-electron chi connectivity index (χ3n) is 3.83. The molecule has 0 amide bonds. The van der Waals surface area contributed by atoms with Gasteiger partial charge in [0.1, 0.15) is 5.75 Å². The highest BCUT2D eigenvalue weighted by atomic mass is 32.2. The maximum Gasteiger partial charge on any atom is 0.187 e. The SMILES string of the molecule is COc1ccc(Nc2nc(C3=C(C)N=C4SC=CC43)cs2)cc1. The summed E-state index contributed by atoms with van der Waals surface area (Å²) in [6, 6.07) is 7.83. The van der Waals surface area contributed by atoms with Crippen molar-refractivity contribution in [1.82, 2.24) is 4.98 Å². The summed E-state index contributed by atoms with van der Waals surface area (Å²) < 4.78 is 5.17. The Labute approximate surface area is 143 Å². The number of aliphatic imine (C=N–C) groups is 1. The van der Waals surface area contributed by atoms with Gasteiger partial charge in [-0.05, 0) is 36.6 Å². The summed E-state index contributed by atoms with van der Waals surface area (Å²) in [5.74, 6) is 1.13. The minimum absolute atomic E-state index is 0.288. The van der Waals surface area contributed by atoms with Crippen molar-refractivity contribution < 1.29 is 4.74 Å². The van der Waals surface area contributed by atoms with Crippen molar-refractivity contribution in [3.8, 4) is 5.75 Å². The van der Waals surface area contributed by atoms with E-state index in [1.54, 1.807) is 30.2 Å². The summed E-state index contributed by atoms with van der Waals surface area (Å²) >= 11 is 3.31. The van der Waals surface area contributed by atoms with Crippen LogP contribution in [0.15, 0.2) is 51.8 Å². The summed E-state index contributed by atoms with van der Waals surface area (Å²) in [7, 11) is 1.67. The van der Waals surface area contributed by atoms with E-state index in [0.717, 1.165) is 33.0 Å². The number of nitrogens with zero attached hydrogens (tertiary/aromatic N) is 2. The summed E-state index contributed by atoms with van der Waals surface area (Å²) in [6.07, 6.45) is 2.20. The molecular weight excluding hydrogens is 326 g/mol. The zero-order valence-corrected chi connectivity index (χ0v) is 14.4. The number of thioether (sulfide) groups is 1. The molecule has 2 aromatic rings. The number of hydrogen-bond donors (Lipinski definition) is 1. The number of rotatable bonds is 4. The molecule has 1 aromatic carbocycles. The van der Waals surface area contributed by atoms with Gasteiger partial charge in [-0.3, -0.25) is 0 Å². The van der Waals surface area contributed by atoms with Crippen molar-refractivity contribution in [2.75, 3.05) is 12.4 Å². The largest absolute Gasteiger partial charge is 0.497 e. The second-order valence-electron chi connectivity index (χ2n) is 5.26. The van der Waals surface area contributed by atoms with E-state index in [1.807, 2.05) is 24.3 Å². The minimum atomic E-state index is 0.288. The lowest BCUT2D eigenvalue weighted by molar-refractivity contribution is 0.415. The van der Waals surface area contributed by atoms with Gasteiger partial charge < -0.3 is 10.1 Å². The first-order chi connectivity index (χ1) is 11.2. The Morgan fingerprint density at radius 3 is 2.83 bits per heavy atom. The first-order valence-corrected chi connectivity index (χ1v) is 9.00. The molecule has 1 N–H and O–H groups in total. The van der Waals surface area contributed by atoms with E-state index in [9.17, 15) is 0 Å². The molecule has 0 radical (unpaired) electrons. The number of hydrogen-bond acceptors (Lipinski definition) is 6. The zero-order chi connectivity index (χ0) is 15.8. The molecule has 0 aliphatic carbocycles. The number of nitrogens with one attached hydrogen (secondary N) is 1. The lowest BCUT2D eigenvalue weighted by Crippen LogP contribution is -2.02. The molecule has 1 atom stereocenters. The van der Waals surface area contributed by atoms with E-state index in [0.29, 0.717) is 0 Å². The first-order valence-electron chi connectivity index (χ1n) is 7.24. The molecule has 0 saturated carbocycles. The Morgan fingerprint density at radius 1 is 1.22 bits per heavy atom. The van der Waals surface area contributed by atoms with Crippen molar-refractivity contribution in [2.45, 2.75) is 6.92 Å². The van der Waals surface area contributed by atoms with Gasteiger partial charge in [0.15, 0.2) is 5.13 Å². The number of methoxy groups -OCH3 is 1. The van der Waals surface area contributed by atoms with Crippen LogP contribution in [0.25, 0.3) is 5.57 Å². The molecule has 4 rings (SSSR count). The van der Waals surface area contributed by atoms with Gasteiger partial charge in [-0.25, -0.2) is 9.98 Å².